The van der Waals surface area contributed by atoms with Crippen LogP contribution in [0.15, 0.2) is 53.5 Å². The molecule has 4 aromatic rings. The van der Waals surface area contributed by atoms with E-state index in [1.54, 1.807) is 30.5 Å². The topological polar surface area (TPSA) is 119 Å². The highest BCUT2D eigenvalue weighted by molar-refractivity contribution is 6.30. The molecule has 0 unspecified atom stereocenters. The first kappa shape index (κ1) is 27.0. The zero-order valence-corrected chi connectivity index (χ0v) is 20.8. The number of ether oxygens (including phenoxy) is 1. The summed E-state index contributed by atoms with van der Waals surface area (Å²) in [7, 11) is 0. The first-order valence-corrected chi connectivity index (χ1v) is 11.6. The molecular weight excluding hydrogens is 527 g/mol. The molecule has 0 saturated carbocycles. The Labute approximate surface area is 218 Å². The van der Waals surface area contributed by atoms with E-state index in [1.807, 2.05) is 32.0 Å². The van der Waals surface area contributed by atoms with Crippen molar-refractivity contribution < 1.29 is 27.8 Å². The Morgan fingerprint density at radius 2 is 1.82 bits per heavy atom. The molecule has 0 radical (unpaired) electrons. The molecule has 1 aliphatic rings. The molecule has 2 N–H and O–H groups in total. The van der Waals surface area contributed by atoms with Crippen molar-refractivity contribution in [2.45, 2.75) is 26.1 Å². The standard InChI is InChI=1S/C23H20ClN5O2.C2HF3O2/c1-13-9-19-21(15-3-5-16(24)6-4-15)28-29(23(30)22(19)27-14(13)2)17-7-8-26-20(10-17)31-18-11-25-12-18;3-2(4,5)1(6)7/h3-10,18,25H,11-12H2,1-2H3;(H,6,7). The molecule has 0 aliphatic carbocycles. The normalized spacial score (nSPS) is 13.4. The number of pyridine rings is 2. The third kappa shape index (κ3) is 5.92. The van der Waals surface area contributed by atoms with E-state index < -0.39 is 12.1 Å². The molecule has 1 aromatic carbocycles. The van der Waals surface area contributed by atoms with Gasteiger partial charge in [-0.2, -0.15) is 23.0 Å². The van der Waals surface area contributed by atoms with Gasteiger partial charge in [-0.15, -0.1) is 0 Å². The molecule has 5 rings (SSSR count). The van der Waals surface area contributed by atoms with Crippen LogP contribution >= 0.6 is 11.6 Å². The Morgan fingerprint density at radius 3 is 2.39 bits per heavy atom. The molecule has 1 saturated heterocycles. The zero-order valence-electron chi connectivity index (χ0n) is 20.1. The number of aryl methyl sites for hydroxylation is 2. The predicted octanol–water partition coefficient (Wildman–Crippen LogP) is 4.10. The number of benzene rings is 1. The molecule has 0 atom stereocenters. The first-order valence-electron chi connectivity index (χ1n) is 11.2. The summed E-state index contributed by atoms with van der Waals surface area (Å²) in [6.07, 6.45) is -3.38. The van der Waals surface area contributed by atoms with Crippen LogP contribution in [0.3, 0.4) is 0 Å². The van der Waals surface area contributed by atoms with Gasteiger partial charge < -0.3 is 15.2 Å². The lowest BCUT2D eigenvalue weighted by molar-refractivity contribution is -0.192. The lowest BCUT2D eigenvalue weighted by Crippen LogP contribution is -2.50. The third-order valence-corrected chi connectivity index (χ3v) is 5.92. The fraction of sp³-hybridized carbons (Fsp3) is 0.240. The van der Waals surface area contributed by atoms with Crippen LogP contribution in [0.4, 0.5) is 13.2 Å². The molecule has 38 heavy (non-hydrogen) atoms. The van der Waals surface area contributed by atoms with Crippen molar-refractivity contribution in [2.75, 3.05) is 13.1 Å². The van der Waals surface area contributed by atoms with Gasteiger partial charge in [0, 0.05) is 47.0 Å². The number of fused-ring (bicyclic) bond motifs is 1. The Kier molecular flexibility index (Phi) is 7.65. The van der Waals surface area contributed by atoms with Crippen LogP contribution in [0.1, 0.15) is 11.3 Å². The smallest absolute Gasteiger partial charge is 0.475 e. The summed E-state index contributed by atoms with van der Waals surface area (Å²) in [6.45, 7) is 5.43. The molecule has 0 amide bonds. The Hall–Kier alpha value is -4.03. The number of rotatable bonds is 4. The van der Waals surface area contributed by atoms with Crippen molar-refractivity contribution in [3.8, 4) is 22.8 Å². The number of aliphatic carboxylic acids is 1. The van der Waals surface area contributed by atoms with Gasteiger partial charge >= 0.3 is 12.1 Å². The third-order valence-electron chi connectivity index (χ3n) is 5.67. The largest absolute Gasteiger partial charge is 0.490 e. The lowest BCUT2D eigenvalue weighted by Gasteiger charge is -2.27. The maximum absolute atomic E-state index is 13.4. The molecule has 198 valence electrons. The van der Waals surface area contributed by atoms with E-state index in [1.165, 1.54) is 4.68 Å². The molecule has 0 bridgehead atoms. The van der Waals surface area contributed by atoms with Crippen molar-refractivity contribution >= 4 is 28.5 Å². The number of hydrogen-bond acceptors (Lipinski definition) is 7. The first-order chi connectivity index (χ1) is 17.9. The van der Waals surface area contributed by atoms with E-state index in [-0.39, 0.29) is 11.7 Å². The van der Waals surface area contributed by atoms with Crippen molar-refractivity contribution in [3.05, 3.63) is 75.3 Å². The van der Waals surface area contributed by atoms with Crippen LogP contribution in [0.2, 0.25) is 5.02 Å². The Morgan fingerprint density at radius 1 is 1.16 bits per heavy atom. The second kappa shape index (κ2) is 10.8. The number of carbonyl (C=O) groups is 1. The van der Waals surface area contributed by atoms with Crippen LogP contribution in [0, 0.1) is 13.8 Å². The van der Waals surface area contributed by atoms with Crippen LogP contribution in [0.5, 0.6) is 5.88 Å². The van der Waals surface area contributed by atoms with Crippen molar-refractivity contribution in [1.82, 2.24) is 25.1 Å². The van der Waals surface area contributed by atoms with E-state index in [9.17, 15) is 18.0 Å². The summed E-state index contributed by atoms with van der Waals surface area (Å²) in [4.78, 5) is 31.1. The van der Waals surface area contributed by atoms with Crippen molar-refractivity contribution in [1.29, 1.82) is 0 Å². The summed E-state index contributed by atoms with van der Waals surface area (Å²) in [5, 5.41) is 16.3. The van der Waals surface area contributed by atoms with Crippen molar-refractivity contribution in [2.24, 2.45) is 0 Å². The predicted molar refractivity (Wildman–Crippen MR) is 134 cm³/mol. The van der Waals surface area contributed by atoms with E-state index >= 15 is 0 Å². The quantitative estimate of drug-likeness (QED) is 0.392. The highest BCUT2D eigenvalue weighted by Gasteiger charge is 2.38. The molecule has 1 aliphatic heterocycles. The lowest BCUT2D eigenvalue weighted by atomic mass is 10.1. The number of halogens is 4. The van der Waals surface area contributed by atoms with E-state index in [0.717, 1.165) is 29.9 Å². The molecule has 9 nitrogen and oxygen atoms in total. The maximum Gasteiger partial charge on any atom is 0.490 e. The number of carboxylic acid groups (broad SMARTS) is 1. The molecule has 3 aromatic heterocycles. The number of aromatic nitrogens is 4. The average molecular weight is 548 g/mol. The number of hydrogen-bond donors (Lipinski definition) is 2. The fourth-order valence-electron chi connectivity index (χ4n) is 3.46. The minimum atomic E-state index is -5.08. The number of nitrogens with one attached hydrogen (secondary N) is 1. The minimum Gasteiger partial charge on any atom is -0.475 e. The van der Waals surface area contributed by atoms with Crippen molar-refractivity contribution in [3.63, 3.8) is 0 Å². The van der Waals surface area contributed by atoms with E-state index in [0.29, 0.717) is 33.2 Å². The molecule has 1 fully saturated rings. The Balaban J connectivity index is 0.000000426. The highest BCUT2D eigenvalue weighted by atomic mass is 35.5. The van der Waals surface area contributed by atoms with Gasteiger partial charge in [0.1, 0.15) is 17.3 Å². The average Bonchev–Trinajstić information content (AvgIpc) is 2.84. The summed E-state index contributed by atoms with van der Waals surface area (Å²) < 4.78 is 39.0. The second-order valence-electron chi connectivity index (χ2n) is 8.41. The van der Waals surface area contributed by atoms with E-state index in [2.05, 4.69) is 15.3 Å². The number of alkyl halides is 3. The van der Waals surface area contributed by atoms with Crippen LogP contribution in [-0.2, 0) is 4.79 Å². The van der Waals surface area contributed by atoms with Crippen LogP contribution < -0.4 is 15.6 Å². The molecule has 13 heteroatoms. The Bertz CT molecular complexity index is 1550. The number of carboxylic acids is 1. The minimum absolute atomic E-state index is 0.0842. The summed E-state index contributed by atoms with van der Waals surface area (Å²) >= 11 is 6.08. The van der Waals surface area contributed by atoms with Gasteiger partial charge in [-0.25, -0.2) is 14.8 Å². The SMILES string of the molecule is Cc1cc2c(-c3ccc(Cl)cc3)nn(-c3ccnc(OC4CNC4)c3)c(=O)c2nc1C.O=C(O)C(F)(F)F. The second-order valence-corrected chi connectivity index (χ2v) is 8.85. The van der Waals surface area contributed by atoms with Gasteiger partial charge in [0.05, 0.1) is 5.69 Å². The van der Waals surface area contributed by atoms with Gasteiger partial charge in [0.25, 0.3) is 5.56 Å². The summed E-state index contributed by atoms with van der Waals surface area (Å²) in [5.41, 5.74) is 3.95. The molecular formula is C25H21ClF3N5O4. The van der Waals surface area contributed by atoms with Gasteiger partial charge in [-0.05, 0) is 43.7 Å². The van der Waals surface area contributed by atoms with Gasteiger partial charge in [-0.1, -0.05) is 23.7 Å². The fourth-order valence-corrected chi connectivity index (χ4v) is 3.58. The number of nitrogens with zero attached hydrogens (tertiary/aromatic N) is 4. The molecule has 0 spiro atoms. The van der Waals surface area contributed by atoms with Gasteiger partial charge in [0.2, 0.25) is 5.88 Å². The molecule has 4 heterocycles. The van der Waals surface area contributed by atoms with Crippen LogP contribution in [0.25, 0.3) is 27.8 Å². The van der Waals surface area contributed by atoms with Crippen LogP contribution in [-0.4, -0.2) is 56.2 Å². The monoisotopic (exact) mass is 547 g/mol. The highest BCUT2D eigenvalue weighted by Crippen LogP contribution is 2.27. The van der Waals surface area contributed by atoms with E-state index in [4.69, 9.17) is 31.3 Å². The van der Waals surface area contributed by atoms with Gasteiger partial charge in [0.15, 0.2) is 0 Å². The van der Waals surface area contributed by atoms with Gasteiger partial charge in [-0.3, -0.25) is 4.79 Å². The maximum atomic E-state index is 13.4. The zero-order chi connectivity index (χ0) is 27.6. The summed E-state index contributed by atoms with van der Waals surface area (Å²) in [5.74, 6) is -2.30. The summed E-state index contributed by atoms with van der Waals surface area (Å²) in [6, 6.07) is 12.8.